The first-order chi connectivity index (χ1) is 16.8. The zero-order valence-electron chi connectivity index (χ0n) is 19.2. The molecule has 0 atom stereocenters. The zero-order valence-corrected chi connectivity index (χ0v) is 20.8. The largest absolute Gasteiger partial charge is 0.457 e. The molecule has 0 aliphatic carbocycles. The molecule has 0 bridgehead atoms. The molecular weight excluding hydrogens is 488 g/mol. The van der Waals surface area contributed by atoms with E-state index in [1.165, 1.54) is 0 Å². The number of anilines is 1. The Morgan fingerprint density at radius 1 is 1.17 bits per heavy atom. The summed E-state index contributed by atoms with van der Waals surface area (Å²) in [6.07, 6.45) is 1.69. The second kappa shape index (κ2) is 12.3. The van der Waals surface area contributed by atoms with Crippen LogP contribution in [-0.4, -0.2) is 32.7 Å². The maximum atomic E-state index is 13.0. The summed E-state index contributed by atoms with van der Waals surface area (Å²) >= 11 is 7.21. The van der Waals surface area contributed by atoms with Crippen LogP contribution in [0.4, 0.5) is 5.82 Å². The van der Waals surface area contributed by atoms with Gasteiger partial charge in [0, 0.05) is 53.4 Å². The fraction of sp³-hybridized carbons (Fsp3) is 0.200. The van der Waals surface area contributed by atoms with E-state index >= 15 is 0 Å². The third-order valence-corrected chi connectivity index (χ3v) is 6.39. The topological polar surface area (TPSA) is 127 Å². The monoisotopic (exact) mass is 512 g/mol. The van der Waals surface area contributed by atoms with E-state index in [2.05, 4.69) is 15.3 Å². The number of para-hydroxylation sites is 1. The molecule has 3 rings (SSSR count). The van der Waals surface area contributed by atoms with Gasteiger partial charge in [0.05, 0.1) is 5.02 Å². The highest BCUT2D eigenvalue weighted by Gasteiger charge is 2.19. The molecule has 0 unspecified atom stereocenters. The predicted octanol–water partition coefficient (Wildman–Crippen LogP) is 4.66. The number of hydrogen-bond donors (Lipinski definition) is 3. The molecule has 10 heteroatoms. The van der Waals surface area contributed by atoms with Gasteiger partial charge in [-0.2, -0.15) is 0 Å². The van der Waals surface area contributed by atoms with Crippen molar-refractivity contribution in [3.63, 3.8) is 0 Å². The fourth-order valence-corrected chi connectivity index (χ4v) is 4.28. The van der Waals surface area contributed by atoms with Crippen molar-refractivity contribution in [3.8, 4) is 11.5 Å². The minimum atomic E-state index is -0.397. The molecule has 4 N–H and O–H groups in total. The van der Waals surface area contributed by atoms with Crippen molar-refractivity contribution in [1.82, 2.24) is 15.3 Å². The Morgan fingerprint density at radius 2 is 1.91 bits per heavy atom. The standard InChI is InChI=1S/C25H25ClN4O4S/c1-15(24(32)29-14-17-13-28-16(2)30-23(17)27)22(10-11-31)35-25(33)20-9-8-19(12-21(20)26)34-18-6-4-3-5-7-18/h3-9,12-13,31H,10-11,14H2,1-2H3,(H,29,32)(H2,27,28,30)/b22-15-. The van der Waals surface area contributed by atoms with E-state index in [0.29, 0.717) is 33.4 Å². The molecule has 0 fully saturated rings. The van der Waals surface area contributed by atoms with Gasteiger partial charge in [0.15, 0.2) is 0 Å². The van der Waals surface area contributed by atoms with Crippen LogP contribution >= 0.6 is 23.4 Å². The molecule has 0 saturated carbocycles. The number of thioether (sulfide) groups is 1. The molecule has 1 heterocycles. The smallest absolute Gasteiger partial charge is 0.247 e. The Labute approximate surface area is 212 Å². The normalized spacial score (nSPS) is 11.5. The predicted molar refractivity (Wildman–Crippen MR) is 137 cm³/mol. The summed E-state index contributed by atoms with van der Waals surface area (Å²) < 4.78 is 5.75. The van der Waals surface area contributed by atoms with E-state index < -0.39 is 5.91 Å². The number of nitrogens with two attached hydrogens (primary N) is 1. The molecule has 182 valence electrons. The van der Waals surface area contributed by atoms with Crippen LogP contribution in [0.3, 0.4) is 0 Å². The number of rotatable bonds is 9. The third kappa shape index (κ3) is 7.29. The maximum absolute atomic E-state index is 13.0. The lowest BCUT2D eigenvalue weighted by molar-refractivity contribution is -0.117. The van der Waals surface area contributed by atoms with Gasteiger partial charge in [0.25, 0.3) is 0 Å². The van der Waals surface area contributed by atoms with Gasteiger partial charge < -0.3 is 20.9 Å². The number of halogens is 1. The molecule has 0 radical (unpaired) electrons. The number of aromatic nitrogens is 2. The number of amides is 1. The molecule has 1 aromatic heterocycles. The van der Waals surface area contributed by atoms with Crippen molar-refractivity contribution in [2.24, 2.45) is 0 Å². The summed E-state index contributed by atoms with van der Waals surface area (Å²) in [7, 11) is 0. The number of nitrogens with one attached hydrogen (secondary N) is 1. The molecular formula is C25H25ClN4O4S. The van der Waals surface area contributed by atoms with Crippen LogP contribution in [-0.2, 0) is 11.3 Å². The van der Waals surface area contributed by atoms with E-state index in [9.17, 15) is 14.7 Å². The minimum absolute atomic E-state index is 0.127. The lowest BCUT2D eigenvalue weighted by atomic mass is 10.2. The number of aliphatic hydroxyl groups is 1. The van der Waals surface area contributed by atoms with Crippen molar-refractivity contribution >= 4 is 40.2 Å². The number of ether oxygens (including phenoxy) is 1. The highest BCUT2D eigenvalue weighted by atomic mass is 35.5. The first-order valence-electron chi connectivity index (χ1n) is 10.7. The Kier molecular flexibility index (Phi) is 9.25. The number of nitrogens with zero attached hydrogens (tertiary/aromatic N) is 2. The molecule has 8 nitrogen and oxygen atoms in total. The molecule has 0 spiro atoms. The number of aliphatic hydroxyl groups excluding tert-OH is 1. The van der Waals surface area contributed by atoms with Crippen LogP contribution in [0.2, 0.25) is 5.02 Å². The summed E-state index contributed by atoms with van der Waals surface area (Å²) in [6, 6.07) is 14.0. The van der Waals surface area contributed by atoms with Crippen LogP contribution in [0, 0.1) is 6.92 Å². The van der Waals surface area contributed by atoms with Crippen molar-refractivity contribution < 1.29 is 19.4 Å². The summed E-state index contributed by atoms with van der Waals surface area (Å²) in [5, 5.41) is 12.1. The second-order valence-corrected chi connectivity index (χ2v) is 8.95. The van der Waals surface area contributed by atoms with Crippen molar-refractivity contribution in [3.05, 3.63) is 87.2 Å². The van der Waals surface area contributed by atoms with Gasteiger partial charge in [-0.05, 0) is 38.1 Å². The van der Waals surface area contributed by atoms with Gasteiger partial charge in [-0.3, -0.25) is 9.59 Å². The highest BCUT2D eigenvalue weighted by molar-refractivity contribution is 8.17. The number of aryl methyl sites for hydroxylation is 1. The average molecular weight is 513 g/mol. The number of carbonyl (C=O) groups is 2. The molecule has 0 saturated heterocycles. The van der Waals surface area contributed by atoms with Crippen LogP contribution < -0.4 is 15.8 Å². The van der Waals surface area contributed by atoms with Crippen molar-refractivity contribution in [1.29, 1.82) is 0 Å². The van der Waals surface area contributed by atoms with Gasteiger partial charge in [0.1, 0.15) is 23.1 Å². The van der Waals surface area contributed by atoms with Crippen LogP contribution in [0.1, 0.15) is 35.1 Å². The first-order valence-corrected chi connectivity index (χ1v) is 11.9. The summed E-state index contributed by atoms with van der Waals surface area (Å²) in [5.74, 6) is 1.56. The van der Waals surface area contributed by atoms with E-state index in [1.54, 1.807) is 38.2 Å². The fourth-order valence-electron chi connectivity index (χ4n) is 3.02. The SMILES string of the molecule is C/C(C(=O)NCc1cnc(C)nc1N)=C(\CCO)SC(=O)c1ccc(Oc2ccccc2)cc1Cl. The van der Waals surface area contributed by atoms with E-state index in [0.717, 1.165) is 11.8 Å². The van der Waals surface area contributed by atoms with Crippen LogP contribution in [0.15, 0.2) is 65.2 Å². The Morgan fingerprint density at radius 3 is 2.57 bits per heavy atom. The number of carbonyl (C=O) groups excluding carboxylic acids is 2. The Bertz CT molecular complexity index is 1250. The molecule has 0 aliphatic rings. The van der Waals surface area contributed by atoms with E-state index in [-0.39, 0.29) is 41.1 Å². The lowest BCUT2D eigenvalue weighted by Gasteiger charge is -2.13. The Balaban J connectivity index is 1.71. The number of hydrogen-bond acceptors (Lipinski definition) is 8. The highest BCUT2D eigenvalue weighted by Crippen LogP contribution is 2.33. The quantitative estimate of drug-likeness (QED) is 0.353. The van der Waals surface area contributed by atoms with Gasteiger partial charge in [-0.15, -0.1) is 0 Å². The number of nitrogen functional groups attached to an aromatic ring is 1. The van der Waals surface area contributed by atoms with Gasteiger partial charge >= 0.3 is 0 Å². The Hall–Kier alpha value is -3.40. The third-order valence-electron chi connectivity index (χ3n) is 4.91. The zero-order chi connectivity index (χ0) is 25.4. The molecule has 2 aromatic carbocycles. The number of benzene rings is 2. The molecule has 0 aliphatic heterocycles. The molecule has 35 heavy (non-hydrogen) atoms. The van der Waals surface area contributed by atoms with Crippen LogP contribution in [0.25, 0.3) is 0 Å². The summed E-state index contributed by atoms with van der Waals surface area (Å²) in [4.78, 5) is 34.3. The van der Waals surface area contributed by atoms with Crippen molar-refractivity contribution in [2.45, 2.75) is 26.8 Å². The summed E-state index contributed by atoms with van der Waals surface area (Å²) in [6.45, 7) is 3.21. The average Bonchev–Trinajstić information content (AvgIpc) is 2.83. The van der Waals surface area contributed by atoms with E-state index in [4.69, 9.17) is 22.1 Å². The van der Waals surface area contributed by atoms with Crippen LogP contribution in [0.5, 0.6) is 11.5 Å². The first kappa shape index (κ1) is 26.2. The lowest BCUT2D eigenvalue weighted by Crippen LogP contribution is -2.25. The second-order valence-electron chi connectivity index (χ2n) is 7.48. The van der Waals surface area contributed by atoms with Crippen molar-refractivity contribution in [2.75, 3.05) is 12.3 Å². The van der Waals surface area contributed by atoms with Gasteiger partial charge in [-0.1, -0.05) is 41.6 Å². The molecule has 3 aromatic rings. The van der Waals surface area contributed by atoms with E-state index in [1.807, 2.05) is 30.3 Å². The van der Waals surface area contributed by atoms with Gasteiger partial charge in [-0.25, -0.2) is 9.97 Å². The maximum Gasteiger partial charge on any atom is 0.247 e. The molecule has 1 amide bonds. The van der Waals surface area contributed by atoms with Gasteiger partial charge in [0.2, 0.25) is 11.0 Å². The minimum Gasteiger partial charge on any atom is -0.457 e. The summed E-state index contributed by atoms with van der Waals surface area (Å²) in [5.41, 5.74) is 7.03.